The molecule has 0 radical (unpaired) electrons. The summed E-state index contributed by atoms with van der Waals surface area (Å²) >= 11 is 0. The first kappa shape index (κ1) is 21.8. The maximum Gasteiger partial charge on any atom is 0.332 e. The van der Waals surface area contributed by atoms with Crippen LogP contribution in [-0.4, -0.2) is 46.2 Å². The van der Waals surface area contributed by atoms with Gasteiger partial charge in [-0.25, -0.2) is 9.36 Å². The van der Waals surface area contributed by atoms with Crippen LogP contribution >= 0.6 is 0 Å². The number of rotatable bonds is 7. The Morgan fingerprint density at radius 2 is 1.88 bits per heavy atom. The molecule has 0 aliphatic carbocycles. The molecule has 1 aliphatic heterocycles. The maximum atomic E-state index is 13.3. The molecule has 1 aromatic carbocycles. The lowest BCUT2D eigenvalue weighted by Crippen LogP contribution is -2.46. The Morgan fingerprint density at radius 3 is 2.59 bits per heavy atom. The second kappa shape index (κ2) is 8.99. The zero-order valence-electron chi connectivity index (χ0n) is 18.1. The van der Waals surface area contributed by atoms with Gasteiger partial charge in [-0.15, -0.1) is 0 Å². The Kier molecular flexibility index (Phi) is 6.13. The first-order valence-electron chi connectivity index (χ1n) is 10.7. The van der Waals surface area contributed by atoms with E-state index >= 15 is 0 Å². The van der Waals surface area contributed by atoms with Gasteiger partial charge in [-0.3, -0.25) is 19.0 Å². The predicted octanol–water partition coefficient (Wildman–Crippen LogP) is 0.729. The molecule has 10 nitrogen and oxygen atoms in total. The summed E-state index contributed by atoms with van der Waals surface area (Å²) in [6.07, 6.45) is 1.77. The minimum absolute atomic E-state index is 0.0425. The Hall–Kier alpha value is -3.40. The van der Waals surface area contributed by atoms with Gasteiger partial charge in [-0.05, 0) is 38.8 Å². The van der Waals surface area contributed by atoms with E-state index in [0.717, 1.165) is 17.4 Å². The Balaban J connectivity index is 1.76. The molecule has 0 bridgehead atoms. The van der Waals surface area contributed by atoms with Gasteiger partial charge in [0, 0.05) is 24.6 Å². The number of fused-ring (bicyclic) bond motifs is 3. The van der Waals surface area contributed by atoms with Gasteiger partial charge < -0.3 is 19.8 Å². The van der Waals surface area contributed by atoms with Crippen LogP contribution in [0.3, 0.4) is 0 Å². The Bertz CT molecular complexity index is 1280. The smallest absolute Gasteiger partial charge is 0.332 e. The summed E-state index contributed by atoms with van der Waals surface area (Å²) in [5.41, 5.74) is -0.883. The molecule has 2 amide bonds. The maximum absolute atomic E-state index is 13.3. The number of hydrogen-bond donors (Lipinski definition) is 2. The van der Waals surface area contributed by atoms with Gasteiger partial charge in [-0.2, -0.15) is 0 Å². The highest BCUT2D eigenvalue weighted by molar-refractivity contribution is 6.02. The highest BCUT2D eigenvalue weighted by atomic mass is 16.5. The largest absolute Gasteiger partial charge is 0.449 e. The topological polar surface area (TPSA) is 125 Å². The van der Waals surface area contributed by atoms with Crippen molar-refractivity contribution in [3.8, 4) is 0 Å². The van der Waals surface area contributed by atoms with Gasteiger partial charge in [0.1, 0.15) is 24.2 Å². The van der Waals surface area contributed by atoms with Crippen molar-refractivity contribution in [2.24, 2.45) is 0 Å². The van der Waals surface area contributed by atoms with Crippen LogP contribution in [0.25, 0.3) is 22.1 Å². The van der Waals surface area contributed by atoms with E-state index in [1.54, 1.807) is 38.1 Å². The number of carbonyl (C=O) groups is 2. The van der Waals surface area contributed by atoms with Crippen molar-refractivity contribution in [3.05, 3.63) is 45.1 Å². The number of nitrogens with zero attached hydrogens (tertiary/aromatic N) is 2. The Morgan fingerprint density at radius 1 is 1.12 bits per heavy atom. The highest BCUT2D eigenvalue weighted by Crippen LogP contribution is 2.25. The fraction of sp³-hybridized carbons (Fsp3) is 0.455. The molecule has 3 heterocycles. The molecular formula is C22H26N4O6. The number of carbonyl (C=O) groups excluding carboxylic acids is 2. The fourth-order valence-electron chi connectivity index (χ4n) is 3.93. The molecular weight excluding hydrogens is 416 g/mol. The SMILES string of the molecule is CC(C)NC(=O)Cn1c(=O)c2oc3ccccc3c2n(CC(=O)NC[C@H]2CCCO2)c1=O. The summed E-state index contributed by atoms with van der Waals surface area (Å²) in [4.78, 5) is 51.2. The summed E-state index contributed by atoms with van der Waals surface area (Å²) in [5.74, 6) is -0.880. The van der Waals surface area contributed by atoms with Gasteiger partial charge in [0.15, 0.2) is 0 Å². The second-order valence-corrected chi connectivity index (χ2v) is 8.20. The number of nitrogens with one attached hydrogen (secondary N) is 2. The van der Waals surface area contributed by atoms with Gasteiger partial charge in [0.25, 0.3) is 5.56 Å². The van der Waals surface area contributed by atoms with Crippen molar-refractivity contribution in [2.45, 2.75) is 51.9 Å². The number of para-hydroxylation sites is 1. The third-order valence-electron chi connectivity index (χ3n) is 5.34. The van der Waals surface area contributed by atoms with Crippen molar-refractivity contribution >= 4 is 33.9 Å². The molecule has 32 heavy (non-hydrogen) atoms. The molecule has 4 rings (SSSR count). The van der Waals surface area contributed by atoms with Crippen molar-refractivity contribution in [1.82, 2.24) is 19.8 Å². The van der Waals surface area contributed by atoms with Gasteiger partial charge in [0.05, 0.1) is 6.10 Å². The molecule has 3 aromatic rings. The molecule has 0 unspecified atom stereocenters. The van der Waals surface area contributed by atoms with Crippen LogP contribution in [-0.2, 0) is 27.4 Å². The third-order valence-corrected chi connectivity index (χ3v) is 5.34. The van der Waals surface area contributed by atoms with Crippen molar-refractivity contribution in [1.29, 1.82) is 0 Å². The Labute approximate surface area is 183 Å². The third kappa shape index (κ3) is 4.31. The lowest BCUT2D eigenvalue weighted by atomic mass is 10.2. The van der Waals surface area contributed by atoms with E-state index in [-0.39, 0.29) is 29.8 Å². The first-order chi connectivity index (χ1) is 15.3. The lowest BCUT2D eigenvalue weighted by Gasteiger charge is -2.14. The van der Waals surface area contributed by atoms with Crippen LogP contribution in [0.5, 0.6) is 0 Å². The minimum atomic E-state index is -0.750. The van der Waals surface area contributed by atoms with E-state index in [2.05, 4.69) is 10.6 Å². The average molecular weight is 442 g/mol. The molecule has 170 valence electrons. The molecule has 2 aromatic heterocycles. The van der Waals surface area contributed by atoms with Crippen LogP contribution in [0.15, 0.2) is 38.3 Å². The molecule has 1 atom stereocenters. The molecule has 1 aliphatic rings. The van der Waals surface area contributed by atoms with Crippen LogP contribution in [0.1, 0.15) is 26.7 Å². The number of hydrogen-bond acceptors (Lipinski definition) is 6. The predicted molar refractivity (Wildman–Crippen MR) is 118 cm³/mol. The number of furan rings is 1. The van der Waals surface area contributed by atoms with Gasteiger partial charge in [0.2, 0.25) is 17.4 Å². The monoisotopic (exact) mass is 442 g/mol. The summed E-state index contributed by atoms with van der Waals surface area (Å²) in [5, 5.41) is 5.99. The average Bonchev–Trinajstić information content (AvgIpc) is 3.40. The van der Waals surface area contributed by atoms with E-state index in [4.69, 9.17) is 9.15 Å². The molecule has 10 heteroatoms. The van der Waals surface area contributed by atoms with E-state index in [1.807, 2.05) is 0 Å². The summed E-state index contributed by atoms with van der Waals surface area (Å²) in [6.45, 7) is 3.78. The first-order valence-corrected chi connectivity index (χ1v) is 10.7. The number of amides is 2. The molecule has 2 N–H and O–H groups in total. The molecule has 1 saturated heterocycles. The number of aromatic nitrogens is 2. The van der Waals surface area contributed by atoms with Gasteiger partial charge in [-0.1, -0.05) is 12.1 Å². The molecule has 1 fully saturated rings. The summed E-state index contributed by atoms with van der Waals surface area (Å²) in [7, 11) is 0. The van der Waals surface area contributed by atoms with Crippen LogP contribution in [0.2, 0.25) is 0 Å². The quantitative estimate of drug-likeness (QED) is 0.556. The van der Waals surface area contributed by atoms with E-state index < -0.39 is 29.6 Å². The van der Waals surface area contributed by atoms with Crippen molar-refractivity contribution in [3.63, 3.8) is 0 Å². The van der Waals surface area contributed by atoms with Crippen LogP contribution < -0.4 is 21.9 Å². The zero-order chi connectivity index (χ0) is 22.8. The summed E-state index contributed by atoms with van der Waals surface area (Å²) < 4.78 is 13.2. The van der Waals surface area contributed by atoms with Crippen molar-refractivity contribution in [2.75, 3.05) is 13.2 Å². The molecule has 0 spiro atoms. The van der Waals surface area contributed by atoms with Gasteiger partial charge >= 0.3 is 5.69 Å². The van der Waals surface area contributed by atoms with Crippen LogP contribution in [0, 0.1) is 0 Å². The lowest BCUT2D eigenvalue weighted by molar-refractivity contribution is -0.122. The normalized spacial score (nSPS) is 16.2. The molecule has 0 saturated carbocycles. The fourth-order valence-corrected chi connectivity index (χ4v) is 3.93. The zero-order valence-corrected chi connectivity index (χ0v) is 18.1. The van der Waals surface area contributed by atoms with E-state index in [1.165, 1.54) is 4.57 Å². The summed E-state index contributed by atoms with van der Waals surface area (Å²) in [6, 6.07) is 6.74. The standard InChI is InChI=1S/C22H26N4O6/c1-13(2)24-18(28)12-26-21(29)20-19(15-7-3-4-8-16(15)32-20)25(22(26)30)11-17(27)23-10-14-6-5-9-31-14/h3-4,7-8,13-14H,5-6,9-12H2,1-2H3,(H,23,27)(H,24,28)/t14-/m1/s1. The van der Waals surface area contributed by atoms with Crippen molar-refractivity contribution < 1.29 is 18.7 Å². The minimum Gasteiger partial charge on any atom is -0.449 e. The van der Waals surface area contributed by atoms with E-state index in [9.17, 15) is 19.2 Å². The highest BCUT2D eigenvalue weighted by Gasteiger charge is 2.23. The second-order valence-electron chi connectivity index (χ2n) is 8.20. The number of benzene rings is 1. The van der Waals surface area contributed by atoms with E-state index in [0.29, 0.717) is 24.1 Å². The van der Waals surface area contributed by atoms with Crippen LogP contribution in [0.4, 0.5) is 0 Å². The number of ether oxygens (including phenoxy) is 1.